The van der Waals surface area contributed by atoms with Crippen molar-refractivity contribution in [3.63, 3.8) is 0 Å². The summed E-state index contributed by atoms with van der Waals surface area (Å²) >= 11 is 0. The van der Waals surface area contributed by atoms with Crippen LogP contribution >= 0.6 is 0 Å². The molecule has 2 atom stereocenters. The molecule has 0 radical (unpaired) electrons. The van der Waals surface area contributed by atoms with Gasteiger partial charge in [0.1, 0.15) is 0 Å². The molecular formula is C18H29N. The van der Waals surface area contributed by atoms with Gasteiger partial charge in [-0.15, -0.1) is 0 Å². The Balaban J connectivity index is 1.93. The fourth-order valence-electron chi connectivity index (χ4n) is 3.34. The summed E-state index contributed by atoms with van der Waals surface area (Å²) in [5, 5.41) is 3.71. The van der Waals surface area contributed by atoms with Crippen molar-refractivity contribution in [2.24, 2.45) is 5.92 Å². The molecule has 1 saturated carbocycles. The lowest BCUT2D eigenvalue weighted by molar-refractivity contribution is 0.284. The first-order valence-electron chi connectivity index (χ1n) is 7.98. The third kappa shape index (κ3) is 4.35. The van der Waals surface area contributed by atoms with Crippen LogP contribution in [-0.4, -0.2) is 12.6 Å². The zero-order valence-corrected chi connectivity index (χ0v) is 12.8. The van der Waals surface area contributed by atoms with Gasteiger partial charge in [0.25, 0.3) is 0 Å². The predicted molar refractivity (Wildman–Crippen MR) is 83.7 cm³/mol. The van der Waals surface area contributed by atoms with Crippen molar-refractivity contribution in [2.45, 2.75) is 65.3 Å². The van der Waals surface area contributed by atoms with Gasteiger partial charge in [-0.25, -0.2) is 0 Å². The number of nitrogens with one attached hydrogen (secondary N) is 1. The highest BCUT2D eigenvalue weighted by atomic mass is 14.9. The summed E-state index contributed by atoms with van der Waals surface area (Å²) in [5.41, 5.74) is 4.44. The predicted octanol–water partition coefficient (Wildman–Crippen LogP) is 4.40. The summed E-state index contributed by atoms with van der Waals surface area (Å²) in [6.45, 7) is 7.89. The molecule has 1 aliphatic rings. The number of aryl methyl sites for hydroxylation is 2. The van der Waals surface area contributed by atoms with Gasteiger partial charge in [0.2, 0.25) is 0 Å². The minimum atomic E-state index is 0.767. The van der Waals surface area contributed by atoms with Crippen molar-refractivity contribution in [3.8, 4) is 0 Å². The van der Waals surface area contributed by atoms with E-state index < -0.39 is 0 Å². The number of rotatable bonds is 5. The van der Waals surface area contributed by atoms with E-state index in [9.17, 15) is 0 Å². The third-order valence-corrected chi connectivity index (χ3v) is 4.48. The molecule has 2 unspecified atom stereocenters. The molecule has 0 aliphatic heterocycles. The minimum Gasteiger partial charge on any atom is -0.314 e. The highest BCUT2D eigenvalue weighted by Gasteiger charge is 2.21. The van der Waals surface area contributed by atoms with Gasteiger partial charge in [0.15, 0.2) is 0 Å². The number of hydrogen-bond acceptors (Lipinski definition) is 1. The molecule has 1 fully saturated rings. The number of benzene rings is 1. The summed E-state index contributed by atoms with van der Waals surface area (Å²) in [6.07, 6.45) is 8.08. The van der Waals surface area contributed by atoms with E-state index in [1.165, 1.54) is 56.2 Å². The van der Waals surface area contributed by atoms with Crippen LogP contribution in [0.2, 0.25) is 0 Å². The normalized spacial score (nSPS) is 23.5. The van der Waals surface area contributed by atoms with Gasteiger partial charge < -0.3 is 5.32 Å². The van der Waals surface area contributed by atoms with Crippen LogP contribution in [-0.2, 0) is 6.42 Å². The smallest absolute Gasteiger partial charge is 0.00698 e. The molecule has 1 aromatic rings. The van der Waals surface area contributed by atoms with Gasteiger partial charge in [-0.1, -0.05) is 43.5 Å². The molecule has 0 saturated heterocycles. The van der Waals surface area contributed by atoms with E-state index in [1.807, 2.05) is 0 Å². The van der Waals surface area contributed by atoms with Crippen molar-refractivity contribution < 1.29 is 0 Å². The van der Waals surface area contributed by atoms with E-state index in [0.29, 0.717) is 0 Å². The van der Waals surface area contributed by atoms with E-state index in [1.54, 1.807) is 5.56 Å². The molecule has 1 aliphatic carbocycles. The first-order valence-corrected chi connectivity index (χ1v) is 7.98. The summed E-state index contributed by atoms with van der Waals surface area (Å²) in [4.78, 5) is 0. The van der Waals surface area contributed by atoms with E-state index in [-0.39, 0.29) is 0 Å². The lowest BCUT2D eigenvalue weighted by atomic mass is 9.81. The first-order chi connectivity index (χ1) is 9.19. The van der Waals surface area contributed by atoms with Gasteiger partial charge in [0, 0.05) is 6.04 Å². The van der Waals surface area contributed by atoms with Crippen LogP contribution in [0.25, 0.3) is 0 Å². The van der Waals surface area contributed by atoms with Crippen LogP contribution in [0, 0.1) is 19.8 Å². The molecule has 0 aromatic heterocycles. The molecule has 0 spiro atoms. The lowest BCUT2D eigenvalue weighted by Gasteiger charge is -2.30. The van der Waals surface area contributed by atoms with Crippen LogP contribution in [0.15, 0.2) is 18.2 Å². The van der Waals surface area contributed by atoms with Gasteiger partial charge >= 0.3 is 0 Å². The van der Waals surface area contributed by atoms with Crippen molar-refractivity contribution in [3.05, 3.63) is 34.9 Å². The van der Waals surface area contributed by atoms with Crippen LogP contribution in [0.4, 0.5) is 0 Å². The minimum absolute atomic E-state index is 0.767. The van der Waals surface area contributed by atoms with Crippen molar-refractivity contribution in [1.29, 1.82) is 0 Å². The Morgan fingerprint density at radius 1 is 1.21 bits per heavy atom. The van der Waals surface area contributed by atoms with Crippen molar-refractivity contribution >= 4 is 0 Å². The Hall–Kier alpha value is -0.820. The fourth-order valence-corrected chi connectivity index (χ4v) is 3.34. The molecule has 1 aromatic carbocycles. The largest absolute Gasteiger partial charge is 0.314 e. The van der Waals surface area contributed by atoms with Crippen molar-refractivity contribution in [1.82, 2.24) is 5.32 Å². The van der Waals surface area contributed by atoms with Gasteiger partial charge in [-0.3, -0.25) is 0 Å². The van der Waals surface area contributed by atoms with Gasteiger partial charge in [-0.2, -0.15) is 0 Å². The maximum absolute atomic E-state index is 3.71. The Labute approximate surface area is 118 Å². The highest BCUT2D eigenvalue weighted by molar-refractivity contribution is 5.30. The van der Waals surface area contributed by atoms with Gasteiger partial charge in [-0.05, 0) is 63.1 Å². The average Bonchev–Trinajstić information content (AvgIpc) is 2.41. The zero-order valence-electron chi connectivity index (χ0n) is 12.8. The lowest BCUT2D eigenvalue weighted by Crippen LogP contribution is -2.35. The maximum Gasteiger partial charge on any atom is 0.00698 e. The number of hydrogen-bond donors (Lipinski definition) is 1. The van der Waals surface area contributed by atoms with E-state index in [0.717, 1.165) is 12.0 Å². The standard InChI is InChI=1S/C18H29N/c1-4-10-19-18-7-5-6-16(13-18)12-17-11-14(2)8-9-15(17)3/h8-9,11,16,18-19H,4-7,10,12-13H2,1-3H3. The second kappa shape index (κ2) is 7.09. The molecule has 1 N–H and O–H groups in total. The average molecular weight is 259 g/mol. The van der Waals surface area contributed by atoms with E-state index in [2.05, 4.69) is 44.3 Å². The van der Waals surface area contributed by atoms with Crippen LogP contribution in [0.1, 0.15) is 55.7 Å². The molecule has 2 rings (SSSR count). The molecule has 106 valence electrons. The molecular weight excluding hydrogens is 230 g/mol. The Kier molecular flexibility index (Phi) is 5.45. The molecule has 1 heteroatoms. The Morgan fingerprint density at radius 3 is 2.84 bits per heavy atom. The van der Waals surface area contributed by atoms with Gasteiger partial charge in [0.05, 0.1) is 0 Å². The topological polar surface area (TPSA) is 12.0 Å². The van der Waals surface area contributed by atoms with Crippen LogP contribution in [0.3, 0.4) is 0 Å². The van der Waals surface area contributed by atoms with Crippen molar-refractivity contribution in [2.75, 3.05) is 6.54 Å². The summed E-state index contributed by atoms with van der Waals surface area (Å²) in [5.74, 6) is 0.878. The third-order valence-electron chi connectivity index (χ3n) is 4.48. The Morgan fingerprint density at radius 2 is 2.05 bits per heavy atom. The monoisotopic (exact) mass is 259 g/mol. The molecule has 19 heavy (non-hydrogen) atoms. The zero-order chi connectivity index (χ0) is 13.7. The Bertz CT molecular complexity index is 397. The second-order valence-electron chi connectivity index (χ2n) is 6.32. The van der Waals surface area contributed by atoms with E-state index >= 15 is 0 Å². The molecule has 0 amide bonds. The molecule has 1 nitrogen and oxygen atoms in total. The maximum atomic E-state index is 3.71. The summed E-state index contributed by atoms with van der Waals surface area (Å²) < 4.78 is 0. The fraction of sp³-hybridized carbons (Fsp3) is 0.667. The SMILES string of the molecule is CCCNC1CCCC(Cc2cc(C)ccc2C)C1. The quantitative estimate of drug-likeness (QED) is 0.826. The van der Waals surface area contributed by atoms with Crippen LogP contribution in [0.5, 0.6) is 0 Å². The molecule has 0 bridgehead atoms. The summed E-state index contributed by atoms with van der Waals surface area (Å²) in [6, 6.07) is 7.66. The first kappa shape index (κ1) is 14.6. The summed E-state index contributed by atoms with van der Waals surface area (Å²) in [7, 11) is 0. The molecule has 0 heterocycles. The highest BCUT2D eigenvalue weighted by Crippen LogP contribution is 2.28. The second-order valence-corrected chi connectivity index (χ2v) is 6.32. The van der Waals surface area contributed by atoms with Crippen LogP contribution < -0.4 is 5.32 Å². The van der Waals surface area contributed by atoms with E-state index in [4.69, 9.17) is 0 Å².